The summed E-state index contributed by atoms with van der Waals surface area (Å²) in [6.45, 7) is 0.524. The Morgan fingerprint density at radius 3 is 2.20 bits per heavy atom. The summed E-state index contributed by atoms with van der Waals surface area (Å²) in [5.41, 5.74) is 0. The van der Waals surface area contributed by atoms with Gasteiger partial charge in [0.15, 0.2) is 6.10 Å². The van der Waals surface area contributed by atoms with E-state index in [1.54, 1.807) is 45.4 Å². The maximum atomic E-state index is 12.1. The van der Waals surface area contributed by atoms with Crippen molar-refractivity contribution >= 4 is 25.4 Å². The van der Waals surface area contributed by atoms with Gasteiger partial charge in [0.1, 0.15) is 5.75 Å². The van der Waals surface area contributed by atoms with Gasteiger partial charge in [-0.2, -0.15) is 0 Å². The van der Waals surface area contributed by atoms with E-state index in [1.165, 1.54) is 0 Å². The lowest BCUT2D eigenvalue weighted by molar-refractivity contribution is -0.922. The standard InChI is InChI=1S/C19H31ClNO8P/c1-21(2,3)19(24)17(14-18(22)23)29-30(25,26)28-13-7-5-4-6-12-27-16-10-8-15(20)9-11-16/h8-11,17,19,24H,4-7,12-14H2,1-3H3,(H-,22,23,25,26)/p+1/t17-,19?/m1/s1. The van der Waals surface area contributed by atoms with Gasteiger partial charge < -0.3 is 24.3 Å². The van der Waals surface area contributed by atoms with E-state index in [0.29, 0.717) is 18.1 Å². The lowest BCUT2D eigenvalue weighted by Gasteiger charge is -2.34. The van der Waals surface area contributed by atoms with Gasteiger partial charge in [-0.25, -0.2) is 4.57 Å². The number of benzene rings is 1. The number of ether oxygens (including phenoxy) is 1. The number of hydrogen-bond acceptors (Lipinski definition) is 6. The predicted molar refractivity (Wildman–Crippen MR) is 112 cm³/mol. The van der Waals surface area contributed by atoms with Gasteiger partial charge in [-0.05, 0) is 43.5 Å². The van der Waals surface area contributed by atoms with Gasteiger partial charge in [-0.1, -0.05) is 18.0 Å². The molecule has 3 atom stereocenters. The lowest BCUT2D eigenvalue weighted by Crippen LogP contribution is -2.52. The van der Waals surface area contributed by atoms with Crippen molar-refractivity contribution in [3.63, 3.8) is 0 Å². The van der Waals surface area contributed by atoms with Gasteiger partial charge in [-0.3, -0.25) is 13.8 Å². The first-order valence-corrected chi connectivity index (χ1v) is 11.5. The van der Waals surface area contributed by atoms with Crippen molar-refractivity contribution < 1.29 is 42.7 Å². The molecule has 0 heterocycles. The number of aliphatic carboxylic acids is 1. The molecule has 1 aromatic rings. The number of phosphoric ester groups is 1. The molecule has 30 heavy (non-hydrogen) atoms. The quantitative estimate of drug-likeness (QED) is 0.155. The van der Waals surface area contributed by atoms with Crippen molar-refractivity contribution in [2.45, 2.75) is 44.4 Å². The minimum atomic E-state index is -4.50. The van der Waals surface area contributed by atoms with Crippen LogP contribution in [0.2, 0.25) is 5.02 Å². The number of quaternary nitrogens is 1. The van der Waals surface area contributed by atoms with E-state index in [9.17, 15) is 19.4 Å². The molecule has 1 aromatic carbocycles. The van der Waals surface area contributed by atoms with Crippen molar-refractivity contribution in [3.05, 3.63) is 29.3 Å². The van der Waals surface area contributed by atoms with Gasteiger partial charge >= 0.3 is 13.8 Å². The molecule has 0 bridgehead atoms. The summed E-state index contributed by atoms with van der Waals surface area (Å²) in [5, 5.41) is 19.8. The summed E-state index contributed by atoms with van der Waals surface area (Å²) < 4.78 is 27.5. The molecule has 0 aliphatic heterocycles. The van der Waals surface area contributed by atoms with Crippen LogP contribution in [0.3, 0.4) is 0 Å². The third kappa shape index (κ3) is 11.3. The average molecular weight is 469 g/mol. The topological polar surface area (TPSA) is 123 Å². The number of hydrogen-bond donors (Lipinski definition) is 3. The SMILES string of the molecule is C[N+](C)(C)C(O)[C@@H](CC(=O)O)OP(=O)(O)OCCCCCCOc1ccc(Cl)cc1. The van der Waals surface area contributed by atoms with Gasteiger partial charge in [0, 0.05) is 5.02 Å². The molecule has 0 fully saturated rings. The zero-order chi connectivity index (χ0) is 22.8. The number of aliphatic hydroxyl groups is 1. The fourth-order valence-corrected chi connectivity index (χ4v) is 3.60. The second-order valence-corrected chi connectivity index (χ2v) is 9.63. The summed E-state index contributed by atoms with van der Waals surface area (Å²) in [7, 11) is 0.339. The first-order chi connectivity index (χ1) is 13.9. The van der Waals surface area contributed by atoms with Crippen LogP contribution < -0.4 is 4.74 Å². The monoisotopic (exact) mass is 468 g/mol. The van der Waals surface area contributed by atoms with Crippen molar-refractivity contribution in [3.8, 4) is 5.75 Å². The highest BCUT2D eigenvalue weighted by Crippen LogP contribution is 2.46. The maximum absolute atomic E-state index is 12.1. The minimum absolute atomic E-state index is 0.0217. The number of unbranched alkanes of at least 4 members (excludes halogenated alkanes) is 3. The van der Waals surface area contributed by atoms with E-state index in [4.69, 9.17) is 30.5 Å². The van der Waals surface area contributed by atoms with Crippen molar-refractivity contribution in [2.24, 2.45) is 0 Å². The van der Waals surface area contributed by atoms with Crippen LogP contribution in [0.1, 0.15) is 32.1 Å². The number of carboxylic acids is 1. The normalized spacial score (nSPS) is 15.9. The van der Waals surface area contributed by atoms with E-state index in [1.807, 2.05) is 0 Å². The summed E-state index contributed by atoms with van der Waals surface area (Å²) in [6, 6.07) is 7.10. The largest absolute Gasteiger partial charge is 0.494 e. The summed E-state index contributed by atoms with van der Waals surface area (Å²) >= 11 is 5.81. The molecular weight excluding hydrogens is 437 g/mol. The van der Waals surface area contributed by atoms with Crippen molar-refractivity contribution in [1.82, 2.24) is 0 Å². The van der Waals surface area contributed by atoms with Crippen LogP contribution in [-0.4, -0.2) is 72.2 Å². The van der Waals surface area contributed by atoms with E-state index in [2.05, 4.69) is 0 Å². The smallest absolute Gasteiger partial charge is 0.472 e. The molecule has 0 aliphatic carbocycles. The summed E-state index contributed by atoms with van der Waals surface area (Å²) in [4.78, 5) is 20.9. The Kier molecular flexibility index (Phi) is 11.3. The number of rotatable bonds is 15. The Hall–Kier alpha value is -1.19. The van der Waals surface area contributed by atoms with E-state index < -0.39 is 32.5 Å². The lowest BCUT2D eigenvalue weighted by atomic mass is 10.2. The first-order valence-electron chi connectivity index (χ1n) is 9.66. The first kappa shape index (κ1) is 26.8. The Morgan fingerprint density at radius 1 is 1.10 bits per heavy atom. The molecule has 3 N–H and O–H groups in total. The van der Waals surface area contributed by atoms with Crippen LogP contribution in [0.15, 0.2) is 24.3 Å². The predicted octanol–water partition coefficient (Wildman–Crippen LogP) is 3.28. The third-order valence-electron chi connectivity index (χ3n) is 4.15. The number of carboxylic acid groups (broad SMARTS) is 1. The Labute approximate surface area is 182 Å². The molecular formula is C19H32ClNO8P+. The molecule has 0 aromatic heterocycles. The molecule has 9 nitrogen and oxygen atoms in total. The van der Waals surface area contributed by atoms with Crippen molar-refractivity contribution in [1.29, 1.82) is 0 Å². The minimum Gasteiger partial charge on any atom is -0.494 e. The molecule has 0 amide bonds. The third-order valence-corrected chi connectivity index (χ3v) is 5.44. The number of carbonyl (C=O) groups is 1. The highest BCUT2D eigenvalue weighted by Gasteiger charge is 2.39. The molecule has 0 spiro atoms. The number of phosphoric acid groups is 1. The molecule has 0 saturated heterocycles. The van der Waals surface area contributed by atoms with Crippen LogP contribution >= 0.6 is 19.4 Å². The van der Waals surface area contributed by atoms with Crippen LogP contribution in [0.25, 0.3) is 0 Å². The maximum Gasteiger partial charge on any atom is 0.472 e. The van der Waals surface area contributed by atoms with Gasteiger partial charge in [0.25, 0.3) is 0 Å². The van der Waals surface area contributed by atoms with E-state index in [0.717, 1.165) is 25.0 Å². The Morgan fingerprint density at radius 2 is 1.67 bits per heavy atom. The zero-order valence-corrected chi connectivity index (χ0v) is 19.2. The molecule has 1 rings (SSSR count). The molecule has 172 valence electrons. The number of aliphatic hydroxyl groups excluding tert-OH is 1. The molecule has 0 saturated carbocycles. The second kappa shape index (κ2) is 12.6. The van der Waals surface area contributed by atoms with Gasteiger partial charge in [0.05, 0.1) is 40.8 Å². The van der Waals surface area contributed by atoms with Crippen LogP contribution in [0.5, 0.6) is 5.75 Å². The van der Waals surface area contributed by atoms with Crippen LogP contribution in [0.4, 0.5) is 0 Å². The Balaban J connectivity index is 2.28. The van der Waals surface area contributed by atoms with Crippen LogP contribution in [-0.2, 0) is 18.4 Å². The molecule has 11 heteroatoms. The fourth-order valence-electron chi connectivity index (χ4n) is 2.53. The van der Waals surface area contributed by atoms with Crippen LogP contribution in [0, 0.1) is 0 Å². The highest BCUT2D eigenvalue weighted by atomic mass is 35.5. The summed E-state index contributed by atoms with van der Waals surface area (Å²) in [5.74, 6) is -0.513. The van der Waals surface area contributed by atoms with E-state index >= 15 is 0 Å². The summed E-state index contributed by atoms with van der Waals surface area (Å²) in [6.07, 6.45) is -0.394. The fraction of sp³-hybridized carbons (Fsp3) is 0.632. The van der Waals surface area contributed by atoms with Gasteiger partial charge in [0.2, 0.25) is 6.23 Å². The Bertz CT molecular complexity index is 695. The van der Waals surface area contributed by atoms with E-state index in [-0.39, 0.29) is 11.1 Å². The van der Waals surface area contributed by atoms with Gasteiger partial charge in [-0.15, -0.1) is 0 Å². The molecule has 0 aliphatic rings. The zero-order valence-electron chi connectivity index (χ0n) is 17.6. The number of likely N-dealkylation sites (N-methyl/N-ethyl adjacent to an activating group) is 1. The van der Waals surface area contributed by atoms with Crippen molar-refractivity contribution in [2.75, 3.05) is 34.4 Å². The highest BCUT2D eigenvalue weighted by molar-refractivity contribution is 7.47. The number of nitrogens with zero attached hydrogens (tertiary/aromatic N) is 1. The number of halogens is 1. The molecule has 0 radical (unpaired) electrons. The molecule has 2 unspecified atom stereocenters. The average Bonchev–Trinajstić information content (AvgIpc) is 2.62. The second-order valence-electron chi connectivity index (χ2n) is 7.79.